The van der Waals surface area contributed by atoms with Crippen LogP contribution in [0.2, 0.25) is 0 Å². The van der Waals surface area contributed by atoms with Gasteiger partial charge in [-0.25, -0.2) is 0 Å². The zero-order valence-corrected chi connectivity index (χ0v) is 26.1. The summed E-state index contributed by atoms with van der Waals surface area (Å²) in [4.78, 5) is 40.2. The van der Waals surface area contributed by atoms with E-state index >= 15 is 0 Å². The normalized spacial score (nSPS) is 52.6. The van der Waals surface area contributed by atoms with Crippen LogP contribution >= 0.6 is 0 Å². The zero-order chi connectivity index (χ0) is 31.8. The molecule has 3 N–H and O–H groups in total. The first kappa shape index (κ1) is 30.3. The second-order valence-electron chi connectivity index (χ2n) is 15.1. The number of carbonyl (C=O) groups is 3. The molecule has 11 nitrogen and oxygen atoms in total. The van der Waals surface area contributed by atoms with Crippen molar-refractivity contribution in [1.82, 2.24) is 0 Å². The molecule has 1 spiro atoms. The minimum Gasteiger partial charge on any atom is -0.472 e. The summed E-state index contributed by atoms with van der Waals surface area (Å²) in [7, 11) is 0. The first-order valence-electron chi connectivity index (χ1n) is 15.9. The second kappa shape index (κ2) is 9.37. The number of furan rings is 1. The molecule has 0 amide bonds. The predicted molar refractivity (Wildman–Crippen MR) is 151 cm³/mol. The van der Waals surface area contributed by atoms with Crippen LogP contribution in [0.5, 0.6) is 0 Å². The lowest BCUT2D eigenvalue weighted by atomic mass is 9.33. The average Bonchev–Trinajstić information content (AvgIpc) is 3.34. The van der Waals surface area contributed by atoms with Crippen LogP contribution in [-0.2, 0) is 33.3 Å². The lowest BCUT2D eigenvalue weighted by Crippen LogP contribution is -2.83. The van der Waals surface area contributed by atoms with Crippen molar-refractivity contribution in [1.29, 1.82) is 0 Å². The van der Waals surface area contributed by atoms with Crippen LogP contribution in [0.15, 0.2) is 23.0 Å². The maximum absolute atomic E-state index is 14.7. The van der Waals surface area contributed by atoms with E-state index in [4.69, 9.17) is 23.4 Å². The van der Waals surface area contributed by atoms with Crippen molar-refractivity contribution in [3.63, 3.8) is 0 Å². The highest BCUT2D eigenvalue weighted by molar-refractivity contribution is 5.87. The number of hydrogen-bond acceptors (Lipinski definition) is 11. The summed E-state index contributed by atoms with van der Waals surface area (Å²) in [6.45, 7) is 10.3. The molecule has 242 valence electrons. The number of aliphatic hydroxyl groups excluding tert-OH is 3. The molecule has 2 bridgehead atoms. The van der Waals surface area contributed by atoms with Gasteiger partial charge >= 0.3 is 11.9 Å². The molecule has 6 fully saturated rings. The van der Waals surface area contributed by atoms with E-state index in [1.165, 1.54) is 6.92 Å². The molecule has 4 saturated carbocycles. The van der Waals surface area contributed by atoms with E-state index in [-0.39, 0.29) is 37.3 Å². The minimum absolute atomic E-state index is 0.0309. The monoisotopic (exact) mass is 616 g/mol. The maximum atomic E-state index is 14.7. The molecule has 1 aromatic rings. The molecule has 11 heteroatoms. The van der Waals surface area contributed by atoms with Crippen LogP contribution in [0.1, 0.15) is 78.7 Å². The summed E-state index contributed by atoms with van der Waals surface area (Å²) in [5, 5.41) is 36.2. The summed E-state index contributed by atoms with van der Waals surface area (Å²) in [5.41, 5.74) is -4.46. The van der Waals surface area contributed by atoms with Crippen LogP contribution in [0.4, 0.5) is 0 Å². The lowest BCUT2D eigenvalue weighted by Gasteiger charge is -2.73. The first-order chi connectivity index (χ1) is 20.7. The van der Waals surface area contributed by atoms with Crippen molar-refractivity contribution in [2.24, 2.45) is 39.4 Å². The standard InChI is InChI=1S/C33H44O11/c1-7-15(2)27(39)43-28-30(5)20-11-21(36)31(6)24(32(20,14-41-28)25(38)23(37)26(30)42-16(3)34)19(35)12-29(4)18(17-8-9-40-13-17)10-22-33(29,31)44-22/h8-9,13,15,18,20-26,28,36-38H,7,10-12,14H2,1-6H3/t15?,18-,20-,21+,22+,23+,24-,25-,26+,28?,29-,30-,31+,32-,33+/m0/s1. The van der Waals surface area contributed by atoms with E-state index in [0.717, 1.165) is 5.56 Å². The number of fused-ring (bicyclic) bond motifs is 1. The van der Waals surface area contributed by atoms with E-state index < -0.39 is 87.7 Å². The van der Waals surface area contributed by atoms with Gasteiger partial charge in [-0.1, -0.05) is 27.7 Å². The molecule has 3 heterocycles. The van der Waals surface area contributed by atoms with E-state index in [1.807, 2.05) is 19.9 Å². The first-order valence-corrected chi connectivity index (χ1v) is 15.9. The fourth-order valence-corrected chi connectivity index (χ4v) is 11.3. The van der Waals surface area contributed by atoms with Gasteiger partial charge in [0.1, 0.15) is 23.6 Å². The molecule has 2 unspecified atom stereocenters. The number of esters is 2. The minimum atomic E-state index is -1.61. The third-order valence-corrected chi connectivity index (χ3v) is 13.4. The highest BCUT2D eigenvalue weighted by Crippen LogP contribution is 2.82. The Labute approximate surface area is 256 Å². The molecule has 44 heavy (non-hydrogen) atoms. The van der Waals surface area contributed by atoms with Gasteiger partial charge < -0.3 is 38.7 Å². The number of carbonyl (C=O) groups excluding carboxylic acids is 3. The number of ketones is 1. The Balaban J connectivity index is 1.37. The maximum Gasteiger partial charge on any atom is 0.310 e. The fraction of sp³-hybridized carbons (Fsp3) is 0.788. The van der Waals surface area contributed by atoms with E-state index in [1.54, 1.807) is 26.4 Å². The highest BCUT2D eigenvalue weighted by Gasteiger charge is 2.90. The van der Waals surface area contributed by atoms with Gasteiger partial charge in [0.25, 0.3) is 0 Å². The molecular weight excluding hydrogens is 572 g/mol. The van der Waals surface area contributed by atoms with Crippen LogP contribution in [0, 0.1) is 39.4 Å². The molecule has 0 radical (unpaired) electrons. The molecular formula is C33H44O11. The van der Waals surface area contributed by atoms with Gasteiger partial charge in [0, 0.05) is 35.5 Å². The molecule has 15 atom stereocenters. The van der Waals surface area contributed by atoms with Crippen LogP contribution in [-0.4, -0.2) is 82.1 Å². The molecule has 6 aliphatic rings. The smallest absolute Gasteiger partial charge is 0.310 e. The topological polar surface area (TPSA) is 165 Å². The molecule has 2 aliphatic heterocycles. The summed E-state index contributed by atoms with van der Waals surface area (Å²) in [5.74, 6) is -3.50. The Morgan fingerprint density at radius 2 is 1.86 bits per heavy atom. The molecule has 0 aromatic carbocycles. The average molecular weight is 617 g/mol. The summed E-state index contributed by atoms with van der Waals surface area (Å²) < 4.78 is 30.0. The number of epoxide rings is 1. The zero-order valence-electron chi connectivity index (χ0n) is 26.1. The van der Waals surface area contributed by atoms with E-state index in [9.17, 15) is 29.7 Å². The van der Waals surface area contributed by atoms with Gasteiger partial charge in [-0.05, 0) is 49.7 Å². The lowest BCUT2D eigenvalue weighted by molar-refractivity contribution is -0.389. The SMILES string of the molecule is CCC(C)C(=O)OC1OC[C@@]23[C@H]4C(=O)C[C@@]5(C)[C@H](c6ccoc6)C[C@H]6O[C@]65[C@]4(C)[C@H](O)C[C@H]2[C@@]1(C)[C@H](OC(C)=O)[C@H](O)[C@@H]3O. The summed E-state index contributed by atoms with van der Waals surface area (Å²) in [6.07, 6.45) is -2.27. The fourth-order valence-electron chi connectivity index (χ4n) is 11.3. The van der Waals surface area contributed by atoms with Crippen molar-refractivity contribution >= 4 is 17.7 Å². The highest BCUT2D eigenvalue weighted by atomic mass is 16.7. The van der Waals surface area contributed by atoms with Crippen molar-refractivity contribution in [2.75, 3.05) is 6.61 Å². The quantitative estimate of drug-likeness (QED) is 0.329. The van der Waals surface area contributed by atoms with Gasteiger partial charge in [0.2, 0.25) is 6.29 Å². The number of ether oxygens (including phenoxy) is 4. The largest absolute Gasteiger partial charge is 0.472 e. The van der Waals surface area contributed by atoms with Gasteiger partial charge in [-0.15, -0.1) is 0 Å². The van der Waals surface area contributed by atoms with Crippen molar-refractivity contribution in [2.45, 2.75) is 116 Å². The number of aliphatic hydroxyl groups is 3. The van der Waals surface area contributed by atoms with E-state index in [2.05, 4.69) is 6.92 Å². The Morgan fingerprint density at radius 3 is 2.50 bits per heavy atom. The van der Waals surface area contributed by atoms with Crippen molar-refractivity contribution < 1.29 is 53.1 Å². The predicted octanol–water partition coefficient (Wildman–Crippen LogP) is 2.49. The van der Waals surface area contributed by atoms with Gasteiger partial charge in [-0.2, -0.15) is 0 Å². The van der Waals surface area contributed by atoms with Crippen LogP contribution < -0.4 is 0 Å². The Hall–Kier alpha value is -2.31. The van der Waals surface area contributed by atoms with E-state index in [0.29, 0.717) is 12.8 Å². The summed E-state index contributed by atoms with van der Waals surface area (Å²) in [6, 6.07) is 1.91. The number of Topliss-reactive ketones (excluding diaryl/α,β-unsaturated/α-hetero) is 1. The Bertz CT molecular complexity index is 1380. The number of hydrogen-bond donors (Lipinski definition) is 3. The van der Waals surface area contributed by atoms with Crippen LogP contribution in [0.25, 0.3) is 0 Å². The van der Waals surface area contributed by atoms with Gasteiger partial charge in [0.15, 0.2) is 0 Å². The molecule has 2 saturated heterocycles. The Morgan fingerprint density at radius 1 is 1.14 bits per heavy atom. The molecule has 1 aromatic heterocycles. The van der Waals surface area contributed by atoms with Crippen molar-refractivity contribution in [3.05, 3.63) is 24.2 Å². The van der Waals surface area contributed by atoms with Crippen molar-refractivity contribution in [3.8, 4) is 0 Å². The van der Waals surface area contributed by atoms with Gasteiger partial charge in [0.05, 0.1) is 48.8 Å². The molecule has 7 rings (SSSR count). The number of rotatable bonds is 5. The molecule has 4 aliphatic carbocycles. The second-order valence-corrected chi connectivity index (χ2v) is 15.1. The Kier molecular flexibility index (Phi) is 6.47. The third kappa shape index (κ3) is 3.27. The third-order valence-electron chi connectivity index (χ3n) is 13.4. The van der Waals surface area contributed by atoms with Gasteiger partial charge in [-0.3, -0.25) is 14.4 Å². The van der Waals surface area contributed by atoms with Crippen LogP contribution in [0.3, 0.4) is 0 Å². The summed E-state index contributed by atoms with van der Waals surface area (Å²) >= 11 is 0.